The van der Waals surface area contributed by atoms with Crippen LogP contribution < -0.4 is 5.43 Å². The molecule has 0 aliphatic heterocycles. The van der Waals surface area contributed by atoms with Crippen LogP contribution >= 0.6 is 0 Å². The second-order valence-electron chi connectivity index (χ2n) is 3.72. The van der Waals surface area contributed by atoms with Crippen molar-refractivity contribution in [2.24, 2.45) is 0 Å². The minimum atomic E-state index is -1.14. The molecule has 1 aromatic heterocycles. The molecule has 6 heteroatoms. The predicted molar refractivity (Wildman–Crippen MR) is 63.8 cm³/mol. The Bertz CT molecular complexity index is 568. The van der Waals surface area contributed by atoms with E-state index in [1.165, 1.54) is 0 Å². The number of hydrogen-bond donors (Lipinski definition) is 2. The van der Waals surface area contributed by atoms with Crippen molar-refractivity contribution >= 4 is 22.7 Å². The number of rotatable bonds is 3. The molecular formula is C11H12N4O2. The number of fused-ring (bicyclic) bond motifs is 1. The van der Waals surface area contributed by atoms with Crippen LogP contribution in [0.3, 0.4) is 0 Å². The van der Waals surface area contributed by atoms with Crippen molar-refractivity contribution in [3.05, 3.63) is 30.1 Å². The zero-order valence-corrected chi connectivity index (χ0v) is 9.51. The van der Waals surface area contributed by atoms with Crippen molar-refractivity contribution in [1.82, 2.24) is 15.0 Å². The SMILES string of the molecule is CN(C)Nc1nc(C(=O)O)nc2ccccc12. The third-order valence-electron chi connectivity index (χ3n) is 2.12. The summed E-state index contributed by atoms with van der Waals surface area (Å²) in [6.45, 7) is 0. The molecule has 1 heterocycles. The van der Waals surface area contributed by atoms with E-state index in [9.17, 15) is 4.79 Å². The minimum Gasteiger partial charge on any atom is -0.475 e. The van der Waals surface area contributed by atoms with Gasteiger partial charge in [0.1, 0.15) is 0 Å². The van der Waals surface area contributed by atoms with E-state index in [0.717, 1.165) is 5.39 Å². The van der Waals surface area contributed by atoms with E-state index in [-0.39, 0.29) is 5.82 Å². The number of anilines is 1. The average Bonchev–Trinajstić information content (AvgIpc) is 2.28. The summed E-state index contributed by atoms with van der Waals surface area (Å²) < 4.78 is 0. The third-order valence-corrected chi connectivity index (χ3v) is 2.12. The maximum absolute atomic E-state index is 10.9. The average molecular weight is 232 g/mol. The van der Waals surface area contributed by atoms with Crippen LogP contribution in [-0.2, 0) is 0 Å². The molecule has 0 radical (unpaired) electrons. The molecular weight excluding hydrogens is 220 g/mol. The van der Waals surface area contributed by atoms with E-state index in [1.807, 2.05) is 12.1 Å². The Morgan fingerprint density at radius 2 is 2.00 bits per heavy atom. The summed E-state index contributed by atoms with van der Waals surface area (Å²) in [7, 11) is 3.61. The van der Waals surface area contributed by atoms with Gasteiger partial charge in [0.25, 0.3) is 0 Å². The van der Waals surface area contributed by atoms with Crippen LogP contribution in [0.5, 0.6) is 0 Å². The van der Waals surface area contributed by atoms with Gasteiger partial charge in [-0.15, -0.1) is 0 Å². The lowest BCUT2D eigenvalue weighted by Crippen LogP contribution is -2.21. The monoisotopic (exact) mass is 232 g/mol. The molecule has 6 nitrogen and oxygen atoms in total. The predicted octanol–water partition coefficient (Wildman–Crippen LogP) is 1.22. The van der Waals surface area contributed by atoms with Crippen LogP contribution in [0.15, 0.2) is 24.3 Å². The summed E-state index contributed by atoms with van der Waals surface area (Å²) >= 11 is 0. The highest BCUT2D eigenvalue weighted by atomic mass is 16.4. The molecule has 2 aromatic rings. The number of carboxylic acids is 1. The number of carbonyl (C=O) groups is 1. The fraction of sp³-hybridized carbons (Fsp3) is 0.182. The van der Waals surface area contributed by atoms with Gasteiger partial charge in [0.2, 0.25) is 5.82 Å². The zero-order chi connectivity index (χ0) is 12.4. The molecule has 17 heavy (non-hydrogen) atoms. The Morgan fingerprint density at radius 3 is 2.65 bits per heavy atom. The first-order chi connectivity index (χ1) is 8.08. The fourth-order valence-electron chi connectivity index (χ4n) is 1.47. The molecule has 0 bridgehead atoms. The van der Waals surface area contributed by atoms with Gasteiger partial charge in [0.15, 0.2) is 5.82 Å². The first-order valence-corrected chi connectivity index (χ1v) is 5.02. The molecule has 0 unspecified atom stereocenters. The van der Waals surface area contributed by atoms with Gasteiger partial charge in [-0.25, -0.2) is 19.8 Å². The van der Waals surface area contributed by atoms with Crippen LogP contribution in [-0.4, -0.2) is 40.1 Å². The maximum atomic E-state index is 10.9. The first kappa shape index (κ1) is 11.3. The van der Waals surface area contributed by atoms with Gasteiger partial charge < -0.3 is 10.5 Å². The maximum Gasteiger partial charge on any atom is 0.374 e. The van der Waals surface area contributed by atoms with Crippen molar-refractivity contribution in [3.63, 3.8) is 0 Å². The van der Waals surface area contributed by atoms with E-state index in [4.69, 9.17) is 5.11 Å². The van der Waals surface area contributed by atoms with Crippen molar-refractivity contribution in [2.75, 3.05) is 19.5 Å². The van der Waals surface area contributed by atoms with E-state index in [1.54, 1.807) is 31.2 Å². The molecule has 0 saturated heterocycles. The summed E-state index contributed by atoms with van der Waals surface area (Å²) in [5, 5.41) is 11.4. The third kappa shape index (κ3) is 2.31. The van der Waals surface area contributed by atoms with Crippen molar-refractivity contribution in [1.29, 1.82) is 0 Å². The molecule has 0 spiro atoms. The summed E-state index contributed by atoms with van der Waals surface area (Å²) in [5.74, 6) is -0.872. The highest BCUT2D eigenvalue weighted by molar-refractivity contribution is 5.93. The normalized spacial score (nSPS) is 10.8. The van der Waals surface area contributed by atoms with E-state index in [2.05, 4.69) is 15.4 Å². The lowest BCUT2D eigenvalue weighted by Gasteiger charge is -2.14. The second-order valence-corrected chi connectivity index (χ2v) is 3.72. The highest BCUT2D eigenvalue weighted by Gasteiger charge is 2.12. The number of nitrogens with one attached hydrogen (secondary N) is 1. The Balaban J connectivity index is 2.64. The number of para-hydroxylation sites is 1. The van der Waals surface area contributed by atoms with Gasteiger partial charge in [-0.1, -0.05) is 12.1 Å². The van der Waals surface area contributed by atoms with Gasteiger partial charge in [-0.05, 0) is 12.1 Å². The highest BCUT2D eigenvalue weighted by Crippen LogP contribution is 2.20. The van der Waals surface area contributed by atoms with Gasteiger partial charge in [-0.3, -0.25) is 0 Å². The van der Waals surface area contributed by atoms with Gasteiger partial charge in [-0.2, -0.15) is 0 Å². The summed E-state index contributed by atoms with van der Waals surface area (Å²) in [4.78, 5) is 18.9. The Kier molecular flexibility index (Phi) is 2.88. The van der Waals surface area contributed by atoms with Gasteiger partial charge in [0.05, 0.1) is 5.52 Å². The number of nitrogens with zero attached hydrogens (tertiary/aromatic N) is 3. The molecule has 0 atom stereocenters. The van der Waals surface area contributed by atoms with Crippen LogP contribution in [0.2, 0.25) is 0 Å². The fourth-order valence-corrected chi connectivity index (χ4v) is 1.47. The minimum absolute atomic E-state index is 0.215. The van der Waals surface area contributed by atoms with E-state index >= 15 is 0 Å². The quantitative estimate of drug-likeness (QED) is 0.774. The van der Waals surface area contributed by atoms with Crippen molar-refractivity contribution in [3.8, 4) is 0 Å². The molecule has 0 fully saturated rings. The van der Waals surface area contributed by atoms with Crippen LogP contribution in [0.1, 0.15) is 10.6 Å². The van der Waals surface area contributed by atoms with E-state index < -0.39 is 5.97 Å². The first-order valence-electron chi connectivity index (χ1n) is 5.02. The van der Waals surface area contributed by atoms with E-state index in [0.29, 0.717) is 11.3 Å². The van der Waals surface area contributed by atoms with Gasteiger partial charge >= 0.3 is 5.97 Å². The molecule has 0 saturated carbocycles. The number of aromatic carboxylic acids is 1. The molecule has 88 valence electrons. The molecule has 0 amide bonds. The number of aromatic nitrogens is 2. The summed E-state index contributed by atoms with van der Waals surface area (Å²) in [5.41, 5.74) is 3.56. The Morgan fingerprint density at radius 1 is 1.29 bits per heavy atom. The second kappa shape index (κ2) is 4.34. The number of carboxylic acid groups (broad SMARTS) is 1. The van der Waals surface area contributed by atoms with Crippen LogP contribution in [0.25, 0.3) is 10.9 Å². The molecule has 1 aromatic carbocycles. The van der Waals surface area contributed by atoms with Crippen LogP contribution in [0.4, 0.5) is 5.82 Å². The summed E-state index contributed by atoms with van der Waals surface area (Å²) in [6.07, 6.45) is 0. The summed E-state index contributed by atoms with van der Waals surface area (Å²) in [6, 6.07) is 7.25. The molecule has 2 N–H and O–H groups in total. The Labute approximate surface area is 97.9 Å². The lowest BCUT2D eigenvalue weighted by atomic mass is 10.2. The topological polar surface area (TPSA) is 78.4 Å². The molecule has 0 aliphatic carbocycles. The molecule has 0 aliphatic rings. The standard InChI is InChI=1S/C11H12N4O2/c1-15(2)14-9-7-5-3-4-6-8(7)12-10(13-9)11(16)17/h3-6H,1-2H3,(H,16,17)(H,12,13,14). The van der Waals surface area contributed by atoms with Gasteiger partial charge in [0, 0.05) is 19.5 Å². The van der Waals surface area contributed by atoms with Crippen LogP contribution in [0, 0.1) is 0 Å². The number of benzene rings is 1. The smallest absolute Gasteiger partial charge is 0.374 e. The number of hydrogen-bond acceptors (Lipinski definition) is 5. The largest absolute Gasteiger partial charge is 0.475 e. The Hall–Kier alpha value is -2.21. The van der Waals surface area contributed by atoms with Crippen molar-refractivity contribution in [2.45, 2.75) is 0 Å². The lowest BCUT2D eigenvalue weighted by molar-refractivity contribution is 0.0684. The van der Waals surface area contributed by atoms with Crippen molar-refractivity contribution < 1.29 is 9.90 Å². The zero-order valence-electron chi connectivity index (χ0n) is 9.51. The number of hydrazine groups is 1. The molecule has 2 rings (SSSR count).